The van der Waals surface area contributed by atoms with Gasteiger partial charge in [0.25, 0.3) is 0 Å². The fraction of sp³-hybridized carbons (Fsp3) is 0.0769. The quantitative estimate of drug-likeness (QED) is 0.840. The summed E-state index contributed by atoms with van der Waals surface area (Å²) in [5.74, 6) is 0. The maximum atomic E-state index is 6.19. The van der Waals surface area contributed by atoms with Crippen molar-refractivity contribution in [2.24, 2.45) is 5.73 Å². The van der Waals surface area contributed by atoms with E-state index in [-0.39, 0.29) is 6.04 Å². The molecule has 0 radical (unpaired) electrons. The minimum Gasteiger partial charge on any atom is -0.320 e. The van der Waals surface area contributed by atoms with Crippen LogP contribution in [0.25, 0.3) is 0 Å². The summed E-state index contributed by atoms with van der Waals surface area (Å²) in [7, 11) is 0. The van der Waals surface area contributed by atoms with Gasteiger partial charge in [0.2, 0.25) is 0 Å². The topological polar surface area (TPSA) is 26.0 Å². The summed E-state index contributed by atoms with van der Waals surface area (Å²) < 4.78 is 0.989. The van der Waals surface area contributed by atoms with E-state index in [9.17, 15) is 0 Å². The molecule has 1 unspecified atom stereocenters. The Balaban J connectivity index is 2.43. The van der Waals surface area contributed by atoms with Crippen molar-refractivity contribution in [1.82, 2.24) is 0 Å². The number of hydrogen-bond donors (Lipinski definition) is 1. The second-order valence-corrected chi connectivity index (χ2v) is 5.46. The van der Waals surface area contributed by atoms with Crippen LogP contribution in [0, 0.1) is 0 Å². The predicted molar refractivity (Wildman–Crippen MR) is 76.6 cm³/mol. The van der Waals surface area contributed by atoms with Crippen molar-refractivity contribution in [2.75, 3.05) is 0 Å². The van der Waals surface area contributed by atoms with Gasteiger partial charge in [-0.15, -0.1) is 0 Å². The average Bonchev–Trinajstić information content (AvgIpc) is 2.31. The third-order valence-corrected chi connectivity index (χ3v) is 3.57. The molecule has 17 heavy (non-hydrogen) atoms. The molecule has 0 saturated carbocycles. The van der Waals surface area contributed by atoms with Crippen molar-refractivity contribution >= 4 is 39.1 Å². The summed E-state index contributed by atoms with van der Waals surface area (Å²) >= 11 is 15.5. The van der Waals surface area contributed by atoms with Crippen LogP contribution in [0.3, 0.4) is 0 Å². The lowest BCUT2D eigenvalue weighted by Gasteiger charge is -2.14. The van der Waals surface area contributed by atoms with Gasteiger partial charge in [0.15, 0.2) is 0 Å². The Morgan fingerprint density at radius 3 is 2.53 bits per heavy atom. The number of benzene rings is 2. The molecule has 0 fully saturated rings. The fourth-order valence-corrected chi connectivity index (χ4v) is 2.47. The zero-order chi connectivity index (χ0) is 12.4. The highest BCUT2D eigenvalue weighted by atomic mass is 79.9. The van der Waals surface area contributed by atoms with Gasteiger partial charge in [-0.05, 0) is 41.5 Å². The third-order valence-electron chi connectivity index (χ3n) is 2.50. The van der Waals surface area contributed by atoms with Crippen molar-refractivity contribution in [3.05, 3.63) is 68.1 Å². The molecule has 0 amide bonds. The second kappa shape index (κ2) is 5.40. The van der Waals surface area contributed by atoms with Crippen molar-refractivity contribution in [1.29, 1.82) is 0 Å². The third kappa shape index (κ3) is 3.02. The van der Waals surface area contributed by atoms with Crippen LogP contribution in [-0.4, -0.2) is 0 Å². The molecule has 2 N–H and O–H groups in total. The lowest BCUT2D eigenvalue weighted by molar-refractivity contribution is 0.871. The van der Waals surface area contributed by atoms with E-state index < -0.39 is 0 Å². The summed E-state index contributed by atoms with van der Waals surface area (Å²) in [5, 5.41) is 1.26. The number of halogens is 3. The molecule has 0 saturated heterocycles. The monoisotopic (exact) mass is 329 g/mol. The van der Waals surface area contributed by atoms with Crippen molar-refractivity contribution in [3.8, 4) is 0 Å². The number of nitrogens with two attached hydrogens (primary N) is 1. The van der Waals surface area contributed by atoms with Gasteiger partial charge in [-0.2, -0.15) is 0 Å². The zero-order valence-corrected chi connectivity index (χ0v) is 11.9. The first-order chi connectivity index (χ1) is 8.08. The molecular weight excluding hydrogens is 321 g/mol. The van der Waals surface area contributed by atoms with Crippen LogP contribution in [0.15, 0.2) is 46.9 Å². The van der Waals surface area contributed by atoms with Gasteiger partial charge in [0.1, 0.15) is 0 Å². The Bertz CT molecular complexity index is 543. The predicted octanol–water partition coefficient (Wildman–Crippen LogP) is 4.80. The smallest absolute Gasteiger partial charge is 0.0567 e. The summed E-state index contributed by atoms with van der Waals surface area (Å²) in [6.07, 6.45) is 0. The van der Waals surface area contributed by atoms with E-state index in [1.54, 1.807) is 18.2 Å². The van der Waals surface area contributed by atoms with Crippen LogP contribution in [0.5, 0.6) is 0 Å². The summed E-state index contributed by atoms with van der Waals surface area (Å²) in [4.78, 5) is 0. The van der Waals surface area contributed by atoms with Gasteiger partial charge < -0.3 is 5.73 Å². The molecule has 0 aliphatic rings. The van der Waals surface area contributed by atoms with Crippen molar-refractivity contribution in [2.45, 2.75) is 6.04 Å². The number of hydrogen-bond acceptors (Lipinski definition) is 1. The van der Waals surface area contributed by atoms with Crippen LogP contribution in [0.1, 0.15) is 17.2 Å². The van der Waals surface area contributed by atoms with E-state index in [4.69, 9.17) is 28.9 Å². The van der Waals surface area contributed by atoms with Gasteiger partial charge in [0, 0.05) is 14.5 Å². The van der Waals surface area contributed by atoms with E-state index >= 15 is 0 Å². The Hall–Kier alpha value is -0.540. The van der Waals surface area contributed by atoms with Crippen LogP contribution in [-0.2, 0) is 0 Å². The molecule has 0 aliphatic heterocycles. The molecule has 2 aromatic rings. The average molecular weight is 331 g/mol. The molecule has 1 atom stereocenters. The highest BCUT2D eigenvalue weighted by Gasteiger charge is 2.13. The molecule has 0 aliphatic carbocycles. The molecule has 0 aromatic heterocycles. The molecule has 1 nitrogen and oxygen atoms in total. The second-order valence-electron chi connectivity index (χ2n) is 3.70. The van der Waals surface area contributed by atoms with Crippen molar-refractivity contribution in [3.63, 3.8) is 0 Å². The van der Waals surface area contributed by atoms with E-state index in [0.29, 0.717) is 10.0 Å². The van der Waals surface area contributed by atoms with Crippen LogP contribution in [0.4, 0.5) is 0 Å². The van der Waals surface area contributed by atoms with Gasteiger partial charge in [-0.25, -0.2) is 0 Å². The molecule has 2 rings (SSSR count). The standard InChI is InChI=1S/C13H10BrCl2N/c14-9-3-1-2-8(6-9)13(17)11-7-10(15)4-5-12(11)16/h1-7,13H,17H2. The van der Waals surface area contributed by atoms with E-state index in [1.807, 2.05) is 24.3 Å². The first-order valence-electron chi connectivity index (χ1n) is 5.04. The first-order valence-corrected chi connectivity index (χ1v) is 6.59. The normalized spacial score (nSPS) is 12.5. The van der Waals surface area contributed by atoms with Crippen LogP contribution >= 0.6 is 39.1 Å². The molecule has 0 heterocycles. The summed E-state index contributed by atoms with van der Waals surface area (Å²) in [6, 6.07) is 12.9. The highest BCUT2D eigenvalue weighted by Crippen LogP contribution is 2.29. The minimum atomic E-state index is -0.279. The minimum absolute atomic E-state index is 0.279. The van der Waals surface area contributed by atoms with Gasteiger partial charge in [-0.1, -0.05) is 51.3 Å². The van der Waals surface area contributed by atoms with E-state index in [0.717, 1.165) is 15.6 Å². The highest BCUT2D eigenvalue weighted by molar-refractivity contribution is 9.10. The summed E-state index contributed by atoms with van der Waals surface area (Å²) in [6.45, 7) is 0. The van der Waals surface area contributed by atoms with Gasteiger partial charge in [-0.3, -0.25) is 0 Å². The SMILES string of the molecule is NC(c1cccc(Br)c1)c1cc(Cl)ccc1Cl. The van der Waals surface area contributed by atoms with E-state index in [1.165, 1.54) is 0 Å². The fourth-order valence-electron chi connectivity index (χ4n) is 1.63. The van der Waals surface area contributed by atoms with E-state index in [2.05, 4.69) is 15.9 Å². The molecule has 0 spiro atoms. The van der Waals surface area contributed by atoms with Gasteiger partial charge in [0.05, 0.1) is 6.04 Å². The first kappa shape index (κ1) is 12.9. The Kier molecular flexibility index (Phi) is 4.10. The van der Waals surface area contributed by atoms with Gasteiger partial charge >= 0.3 is 0 Å². The zero-order valence-electron chi connectivity index (χ0n) is 8.83. The maximum Gasteiger partial charge on any atom is 0.0567 e. The van der Waals surface area contributed by atoms with Crippen LogP contribution < -0.4 is 5.73 Å². The Labute approximate surface area is 119 Å². The Morgan fingerprint density at radius 2 is 1.82 bits per heavy atom. The van der Waals surface area contributed by atoms with Crippen molar-refractivity contribution < 1.29 is 0 Å². The molecule has 4 heteroatoms. The maximum absolute atomic E-state index is 6.19. The largest absolute Gasteiger partial charge is 0.320 e. The Morgan fingerprint density at radius 1 is 1.06 bits per heavy atom. The lowest BCUT2D eigenvalue weighted by Crippen LogP contribution is -2.12. The molecule has 0 bridgehead atoms. The summed E-state index contributed by atoms with van der Waals surface area (Å²) in [5.41, 5.74) is 8.01. The molecular formula is C13H10BrCl2N. The molecule has 2 aromatic carbocycles. The molecule has 88 valence electrons. The number of rotatable bonds is 2. The lowest BCUT2D eigenvalue weighted by atomic mass is 10.00. The van der Waals surface area contributed by atoms with Crippen LogP contribution in [0.2, 0.25) is 10.0 Å².